The van der Waals surface area contributed by atoms with Gasteiger partial charge in [-0.25, -0.2) is 4.98 Å². The topological polar surface area (TPSA) is 72.9 Å². The van der Waals surface area contributed by atoms with E-state index in [-0.39, 0.29) is 11.9 Å². The lowest BCUT2D eigenvalue weighted by Gasteiger charge is -2.15. The van der Waals surface area contributed by atoms with Gasteiger partial charge in [0.2, 0.25) is 5.91 Å². The molecule has 112 valence electrons. The molecule has 0 radical (unpaired) electrons. The van der Waals surface area contributed by atoms with Crippen LogP contribution in [0, 0.1) is 5.92 Å². The summed E-state index contributed by atoms with van der Waals surface area (Å²) < 4.78 is 1.98. The molecule has 0 saturated carbocycles. The van der Waals surface area contributed by atoms with Crippen molar-refractivity contribution in [3.05, 3.63) is 48.5 Å². The molecule has 21 heavy (non-hydrogen) atoms. The molecule has 1 unspecified atom stereocenters. The van der Waals surface area contributed by atoms with E-state index in [1.807, 2.05) is 48.9 Å². The number of aromatic nitrogens is 2. The van der Waals surface area contributed by atoms with Crippen LogP contribution in [0.1, 0.15) is 25.8 Å². The molecule has 1 atom stereocenters. The number of hydrogen-bond donors (Lipinski definition) is 2. The highest BCUT2D eigenvalue weighted by Crippen LogP contribution is 2.13. The molecule has 1 heterocycles. The molecule has 2 aromatic rings. The summed E-state index contributed by atoms with van der Waals surface area (Å²) in [6.45, 7) is 4.77. The highest BCUT2D eigenvalue weighted by atomic mass is 16.1. The normalized spacial score (nSPS) is 12.4. The number of hydrogen-bond acceptors (Lipinski definition) is 3. The monoisotopic (exact) mass is 286 g/mol. The van der Waals surface area contributed by atoms with E-state index in [4.69, 9.17) is 5.73 Å². The zero-order valence-electron chi connectivity index (χ0n) is 12.5. The summed E-state index contributed by atoms with van der Waals surface area (Å²) in [7, 11) is 0. The van der Waals surface area contributed by atoms with Crippen molar-refractivity contribution < 1.29 is 4.79 Å². The molecule has 5 nitrogen and oxygen atoms in total. The van der Waals surface area contributed by atoms with Gasteiger partial charge >= 0.3 is 0 Å². The summed E-state index contributed by atoms with van der Waals surface area (Å²) in [5.41, 5.74) is 7.83. The number of rotatable bonds is 6. The number of imidazole rings is 1. The van der Waals surface area contributed by atoms with Gasteiger partial charge in [-0.15, -0.1) is 0 Å². The molecule has 0 aliphatic heterocycles. The van der Waals surface area contributed by atoms with E-state index in [1.54, 1.807) is 12.5 Å². The van der Waals surface area contributed by atoms with Gasteiger partial charge in [0.1, 0.15) is 0 Å². The van der Waals surface area contributed by atoms with Crippen molar-refractivity contribution >= 4 is 11.6 Å². The zero-order chi connectivity index (χ0) is 15.2. The van der Waals surface area contributed by atoms with E-state index in [0.717, 1.165) is 17.8 Å². The summed E-state index contributed by atoms with van der Waals surface area (Å²) in [6, 6.07) is 7.70. The quantitative estimate of drug-likeness (QED) is 0.855. The second-order valence-corrected chi connectivity index (χ2v) is 5.60. The highest BCUT2D eigenvalue weighted by Gasteiger charge is 2.13. The fraction of sp³-hybridized carbons (Fsp3) is 0.375. The summed E-state index contributed by atoms with van der Waals surface area (Å²) in [6.07, 6.45) is 5.77. The number of carbonyl (C=O) groups is 1. The predicted octanol–water partition coefficient (Wildman–Crippen LogP) is 2.24. The van der Waals surface area contributed by atoms with Crippen LogP contribution < -0.4 is 11.1 Å². The molecule has 0 saturated heterocycles. The molecule has 0 fully saturated rings. The van der Waals surface area contributed by atoms with Crippen LogP contribution >= 0.6 is 0 Å². The number of anilines is 1. The molecular weight excluding hydrogens is 264 g/mol. The molecule has 5 heteroatoms. The summed E-state index contributed by atoms with van der Waals surface area (Å²) >= 11 is 0. The molecule has 0 aliphatic rings. The Kier molecular flexibility index (Phi) is 5.11. The van der Waals surface area contributed by atoms with Crippen LogP contribution in [0.3, 0.4) is 0 Å². The molecule has 1 aromatic heterocycles. The Labute approximate surface area is 125 Å². The van der Waals surface area contributed by atoms with Crippen molar-refractivity contribution in [2.75, 3.05) is 5.32 Å². The summed E-state index contributed by atoms with van der Waals surface area (Å²) in [5, 5.41) is 2.90. The van der Waals surface area contributed by atoms with Gasteiger partial charge in [0.05, 0.1) is 6.33 Å². The molecule has 1 aromatic carbocycles. The Morgan fingerprint density at radius 2 is 2.24 bits per heavy atom. The molecule has 0 bridgehead atoms. The average molecular weight is 286 g/mol. The molecule has 1 amide bonds. The molecule has 2 rings (SSSR count). The van der Waals surface area contributed by atoms with Gasteiger partial charge in [0.15, 0.2) is 0 Å². The fourth-order valence-electron chi connectivity index (χ4n) is 2.00. The van der Waals surface area contributed by atoms with Gasteiger partial charge in [-0.1, -0.05) is 26.0 Å². The Bertz CT molecular complexity index is 578. The van der Waals surface area contributed by atoms with Crippen molar-refractivity contribution in [1.29, 1.82) is 0 Å². The first kappa shape index (κ1) is 15.3. The third kappa shape index (κ3) is 4.72. The fourth-order valence-corrected chi connectivity index (χ4v) is 2.00. The first-order chi connectivity index (χ1) is 10.0. The number of benzene rings is 1. The largest absolute Gasteiger partial charge is 0.333 e. The SMILES string of the molecule is CC(C)C(N)CC(=O)Nc1cccc(Cn2ccnc2)c1. The molecule has 0 aliphatic carbocycles. The van der Waals surface area contributed by atoms with Gasteiger partial charge in [-0.2, -0.15) is 0 Å². The third-order valence-corrected chi connectivity index (χ3v) is 3.41. The maximum Gasteiger partial charge on any atom is 0.225 e. The van der Waals surface area contributed by atoms with Crippen LogP contribution in [-0.2, 0) is 11.3 Å². The van der Waals surface area contributed by atoms with E-state index in [1.165, 1.54) is 0 Å². The maximum absolute atomic E-state index is 11.9. The number of amides is 1. The van der Waals surface area contributed by atoms with E-state index in [0.29, 0.717) is 12.3 Å². The van der Waals surface area contributed by atoms with Crippen LogP contribution in [0.5, 0.6) is 0 Å². The third-order valence-electron chi connectivity index (χ3n) is 3.41. The van der Waals surface area contributed by atoms with Gasteiger partial charge in [-0.05, 0) is 23.6 Å². The minimum absolute atomic E-state index is 0.0454. The van der Waals surface area contributed by atoms with E-state index < -0.39 is 0 Å². The maximum atomic E-state index is 11.9. The molecular formula is C16H22N4O. The van der Waals surface area contributed by atoms with Crippen LogP contribution in [-0.4, -0.2) is 21.5 Å². The number of carbonyl (C=O) groups excluding carboxylic acids is 1. The van der Waals surface area contributed by atoms with Crippen molar-refractivity contribution in [2.45, 2.75) is 32.9 Å². The summed E-state index contributed by atoms with van der Waals surface area (Å²) in [5.74, 6) is 0.249. The zero-order valence-corrected chi connectivity index (χ0v) is 12.5. The Morgan fingerprint density at radius 1 is 1.43 bits per heavy atom. The molecule has 0 spiro atoms. The van der Waals surface area contributed by atoms with Crippen LogP contribution in [0.25, 0.3) is 0 Å². The van der Waals surface area contributed by atoms with Gasteiger partial charge in [0, 0.05) is 37.1 Å². The van der Waals surface area contributed by atoms with Crippen molar-refractivity contribution in [3.8, 4) is 0 Å². The number of nitrogens with zero attached hydrogens (tertiary/aromatic N) is 2. The first-order valence-electron chi connectivity index (χ1n) is 7.14. The van der Waals surface area contributed by atoms with Crippen molar-refractivity contribution in [3.63, 3.8) is 0 Å². The number of nitrogens with one attached hydrogen (secondary N) is 1. The average Bonchev–Trinajstić information content (AvgIpc) is 2.91. The standard InChI is InChI=1S/C16H22N4O/c1-12(2)15(17)9-16(21)19-14-5-3-4-13(8-14)10-20-7-6-18-11-20/h3-8,11-12,15H,9-10,17H2,1-2H3,(H,19,21). The van der Waals surface area contributed by atoms with E-state index >= 15 is 0 Å². The van der Waals surface area contributed by atoms with E-state index in [2.05, 4.69) is 10.3 Å². The van der Waals surface area contributed by atoms with Gasteiger partial charge in [0.25, 0.3) is 0 Å². The predicted molar refractivity (Wildman–Crippen MR) is 83.8 cm³/mol. The number of nitrogens with two attached hydrogens (primary N) is 1. The minimum atomic E-state index is -0.112. The smallest absolute Gasteiger partial charge is 0.225 e. The van der Waals surface area contributed by atoms with Gasteiger partial charge in [-0.3, -0.25) is 4.79 Å². The second kappa shape index (κ2) is 7.04. The second-order valence-electron chi connectivity index (χ2n) is 5.60. The van der Waals surface area contributed by atoms with Gasteiger partial charge < -0.3 is 15.6 Å². The van der Waals surface area contributed by atoms with Crippen LogP contribution in [0.15, 0.2) is 43.0 Å². The first-order valence-corrected chi connectivity index (χ1v) is 7.14. The highest BCUT2D eigenvalue weighted by molar-refractivity contribution is 5.91. The van der Waals surface area contributed by atoms with Crippen molar-refractivity contribution in [1.82, 2.24) is 9.55 Å². The lowest BCUT2D eigenvalue weighted by molar-refractivity contribution is -0.116. The lowest BCUT2D eigenvalue weighted by Crippen LogP contribution is -2.31. The van der Waals surface area contributed by atoms with Crippen LogP contribution in [0.2, 0.25) is 0 Å². The van der Waals surface area contributed by atoms with E-state index in [9.17, 15) is 4.79 Å². The lowest BCUT2D eigenvalue weighted by atomic mass is 10.0. The van der Waals surface area contributed by atoms with Crippen molar-refractivity contribution in [2.24, 2.45) is 11.7 Å². The summed E-state index contributed by atoms with van der Waals surface area (Å²) in [4.78, 5) is 16.0. The Morgan fingerprint density at radius 3 is 2.90 bits per heavy atom. The minimum Gasteiger partial charge on any atom is -0.333 e. The molecule has 3 N–H and O–H groups in total. The Hall–Kier alpha value is -2.14. The Balaban J connectivity index is 1.96. The van der Waals surface area contributed by atoms with Crippen LogP contribution in [0.4, 0.5) is 5.69 Å².